The third kappa shape index (κ3) is 7.67. The van der Waals surface area contributed by atoms with E-state index in [1.54, 1.807) is 0 Å². The zero-order valence-corrected chi connectivity index (χ0v) is 21.2. The SMILES string of the molecule is CCNC(=NCc1cc(C(CC)CC)no1)NC1CCN(CC2CCOC2)CC1.I. The van der Waals surface area contributed by atoms with Crippen LogP contribution in [0.4, 0.5) is 0 Å². The Balaban J connectivity index is 0.00000320. The summed E-state index contributed by atoms with van der Waals surface area (Å²) in [5.41, 5.74) is 1.05. The van der Waals surface area contributed by atoms with Gasteiger partial charge in [0.25, 0.3) is 0 Å². The quantitative estimate of drug-likeness (QED) is 0.286. The lowest BCUT2D eigenvalue weighted by Crippen LogP contribution is -2.49. The highest BCUT2D eigenvalue weighted by molar-refractivity contribution is 14.0. The summed E-state index contributed by atoms with van der Waals surface area (Å²) >= 11 is 0. The first kappa shape index (κ1) is 25.4. The molecule has 8 heteroatoms. The second kappa shape index (κ2) is 13.5. The molecule has 0 aliphatic carbocycles. The van der Waals surface area contributed by atoms with Gasteiger partial charge in [0.15, 0.2) is 11.7 Å². The molecule has 0 radical (unpaired) electrons. The van der Waals surface area contributed by atoms with E-state index in [1.165, 1.54) is 13.0 Å². The molecule has 2 aliphatic heterocycles. The van der Waals surface area contributed by atoms with E-state index in [2.05, 4.69) is 47.5 Å². The van der Waals surface area contributed by atoms with Crippen LogP contribution in [0.2, 0.25) is 0 Å². The maximum Gasteiger partial charge on any atom is 0.191 e. The summed E-state index contributed by atoms with van der Waals surface area (Å²) in [4.78, 5) is 7.33. The standard InChI is InChI=1S/C22H39N5O2.HI/c1-4-18(5-2)21-13-20(29-26-21)14-24-22(23-6-3)25-19-7-10-27(11-8-19)15-17-9-12-28-16-17;/h13,17-19H,4-12,14-16H2,1-3H3,(H2,23,24,25);1H. The lowest BCUT2D eigenvalue weighted by Gasteiger charge is -2.34. The minimum Gasteiger partial charge on any atom is -0.381 e. The average Bonchev–Trinajstić information content (AvgIpc) is 3.41. The number of likely N-dealkylation sites (tertiary alicyclic amines) is 1. The lowest BCUT2D eigenvalue weighted by atomic mass is 9.99. The van der Waals surface area contributed by atoms with Crippen LogP contribution >= 0.6 is 24.0 Å². The van der Waals surface area contributed by atoms with E-state index in [0.717, 1.165) is 81.9 Å². The van der Waals surface area contributed by atoms with Crippen molar-refractivity contribution >= 4 is 29.9 Å². The van der Waals surface area contributed by atoms with Crippen LogP contribution in [-0.2, 0) is 11.3 Å². The molecule has 0 saturated carbocycles. The van der Waals surface area contributed by atoms with Gasteiger partial charge >= 0.3 is 0 Å². The Bertz CT molecular complexity index is 621. The number of halogens is 1. The van der Waals surface area contributed by atoms with Gasteiger partial charge in [-0.1, -0.05) is 19.0 Å². The Morgan fingerprint density at radius 1 is 1.23 bits per heavy atom. The van der Waals surface area contributed by atoms with Gasteiger partial charge in [-0.2, -0.15) is 0 Å². The van der Waals surface area contributed by atoms with Gasteiger partial charge in [0, 0.05) is 50.8 Å². The van der Waals surface area contributed by atoms with Crippen molar-refractivity contribution in [2.45, 2.75) is 71.4 Å². The number of aliphatic imine (C=N–C) groups is 1. The number of aromatic nitrogens is 1. The summed E-state index contributed by atoms with van der Waals surface area (Å²) in [6.07, 6.45) is 5.69. The van der Waals surface area contributed by atoms with Crippen molar-refractivity contribution in [3.63, 3.8) is 0 Å². The fraction of sp³-hybridized carbons (Fsp3) is 0.818. The molecule has 2 aliphatic rings. The second-order valence-electron chi connectivity index (χ2n) is 8.38. The molecule has 0 spiro atoms. The molecule has 2 N–H and O–H groups in total. The van der Waals surface area contributed by atoms with E-state index in [0.29, 0.717) is 18.5 Å². The first-order valence-corrected chi connectivity index (χ1v) is 11.5. The third-order valence-corrected chi connectivity index (χ3v) is 6.19. The van der Waals surface area contributed by atoms with Crippen LogP contribution in [0.5, 0.6) is 0 Å². The van der Waals surface area contributed by atoms with Crippen LogP contribution in [-0.4, -0.2) is 61.5 Å². The zero-order chi connectivity index (χ0) is 20.5. The van der Waals surface area contributed by atoms with E-state index in [1.807, 2.05) is 0 Å². The van der Waals surface area contributed by atoms with Gasteiger partial charge in [-0.25, -0.2) is 4.99 Å². The first-order valence-electron chi connectivity index (χ1n) is 11.5. The molecule has 30 heavy (non-hydrogen) atoms. The van der Waals surface area contributed by atoms with Crippen LogP contribution in [0.3, 0.4) is 0 Å². The summed E-state index contributed by atoms with van der Waals surface area (Å²) in [6.45, 7) is 13.2. The summed E-state index contributed by atoms with van der Waals surface area (Å²) in [6, 6.07) is 2.54. The molecule has 2 saturated heterocycles. The van der Waals surface area contributed by atoms with Gasteiger partial charge < -0.3 is 24.8 Å². The van der Waals surface area contributed by atoms with Gasteiger partial charge in [-0.05, 0) is 44.9 Å². The molecular weight excluding hydrogens is 493 g/mol. The van der Waals surface area contributed by atoms with Crippen molar-refractivity contribution in [1.82, 2.24) is 20.7 Å². The smallest absolute Gasteiger partial charge is 0.191 e. The van der Waals surface area contributed by atoms with Gasteiger partial charge in [-0.15, -0.1) is 24.0 Å². The zero-order valence-electron chi connectivity index (χ0n) is 18.9. The molecule has 0 aromatic carbocycles. The highest BCUT2D eigenvalue weighted by Crippen LogP contribution is 2.22. The largest absolute Gasteiger partial charge is 0.381 e. The van der Waals surface area contributed by atoms with Crippen molar-refractivity contribution < 1.29 is 9.26 Å². The Hall–Kier alpha value is -0.870. The summed E-state index contributed by atoms with van der Waals surface area (Å²) in [5, 5.41) is 11.2. The molecule has 7 nitrogen and oxygen atoms in total. The predicted octanol–water partition coefficient (Wildman–Crippen LogP) is 3.75. The Labute approximate surface area is 198 Å². The average molecular weight is 533 g/mol. The molecule has 1 aromatic rings. The van der Waals surface area contributed by atoms with Gasteiger partial charge in [0.2, 0.25) is 0 Å². The molecule has 172 valence electrons. The highest BCUT2D eigenvalue weighted by atomic mass is 127. The normalized spacial score (nSPS) is 21.1. The maximum atomic E-state index is 5.52. The Morgan fingerprint density at radius 3 is 2.63 bits per heavy atom. The van der Waals surface area contributed by atoms with Gasteiger partial charge in [0.05, 0.1) is 12.3 Å². The summed E-state index contributed by atoms with van der Waals surface area (Å²) < 4.78 is 11.0. The molecule has 0 bridgehead atoms. The summed E-state index contributed by atoms with van der Waals surface area (Å²) in [5.74, 6) is 2.90. The Kier molecular flexibility index (Phi) is 11.4. The van der Waals surface area contributed by atoms with E-state index >= 15 is 0 Å². The van der Waals surface area contributed by atoms with Crippen LogP contribution in [0.1, 0.15) is 70.2 Å². The fourth-order valence-corrected chi connectivity index (χ4v) is 4.33. The molecule has 1 unspecified atom stereocenters. The molecule has 1 aromatic heterocycles. The summed E-state index contributed by atoms with van der Waals surface area (Å²) in [7, 11) is 0. The molecule has 3 rings (SSSR count). The van der Waals surface area contributed by atoms with Crippen molar-refractivity contribution in [3.8, 4) is 0 Å². The van der Waals surface area contributed by atoms with E-state index in [-0.39, 0.29) is 24.0 Å². The molecule has 1 atom stereocenters. The number of piperidine rings is 1. The maximum absolute atomic E-state index is 5.52. The van der Waals surface area contributed by atoms with Crippen molar-refractivity contribution in [2.24, 2.45) is 10.9 Å². The van der Waals surface area contributed by atoms with Crippen molar-refractivity contribution in [2.75, 3.05) is 39.4 Å². The second-order valence-corrected chi connectivity index (χ2v) is 8.38. The number of nitrogens with one attached hydrogen (secondary N) is 2. The number of guanidine groups is 1. The lowest BCUT2D eigenvalue weighted by molar-refractivity contribution is 0.150. The molecule has 3 heterocycles. The monoisotopic (exact) mass is 533 g/mol. The van der Waals surface area contributed by atoms with Crippen molar-refractivity contribution in [1.29, 1.82) is 0 Å². The van der Waals surface area contributed by atoms with Gasteiger partial charge in [0.1, 0.15) is 6.54 Å². The number of hydrogen-bond acceptors (Lipinski definition) is 5. The van der Waals surface area contributed by atoms with Crippen LogP contribution in [0.25, 0.3) is 0 Å². The van der Waals surface area contributed by atoms with Crippen LogP contribution < -0.4 is 10.6 Å². The Morgan fingerprint density at radius 2 is 2.00 bits per heavy atom. The fourth-order valence-electron chi connectivity index (χ4n) is 4.33. The van der Waals surface area contributed by atoms with Gasteiger partial charge in [-0.3, -0.25) is 0 Å². The number of hydrogen-bond donors (Lipinski definition) is 2. The number of rotatable bonds is 9. The molecule has 0 amide bonds. The molecule has 2 fully saturated rings. The van der Waals surface area contributed by atoms with E-state index < -0.39 is 0 Å². The first-order chi connectivity index (χ1) is 14.2. The topological polar surface area (TPSA) is 74.9 Å². The predicted molar refractivity (Wildman–Crippen MR) is 132 cm³/mol. The van der Waals surface area contributed by atoms with Crippen LogP contribution in [0, 0.1) is 5.92 Å². The molecular formula is C22H40IN5O2. The van der Waals surface area contributed by atoms with E-state index in [4.69, 9.17) is 14.3 Å². The number of nitrogens with zero attached hydrogens (tertiary/aromatic N) is 3. The third-order valence-electron chi connectivity index (χ3n) is 6.19. The van der Waals surface area contributed by atoms with E-state index in [9.17, 15) is 0 Å². The number of ether oxygens (including phenoxy) is 1. The minimum absolute atomic E-state index is 0. The highest BCUT2D eigenvalue weighted by Gasteiger charge is 2.24. The van der Waals surface area contributed by atoms with Crippen LogP contribution in [0.15, 0.2) is 15.6 Å². The van der Waals surface area contributed by atoms with Crippen molar-refractivity contribution in [3.05, 3.63) is 17.5 Å². The minimum atomic E-state index is 0.